The summed E-state index contributed by atoms with van der Waals surface area (Å²) >= 11 is 0. The van der Waals surface area contributed by atoms with E-state index < -0.39 is 75.6 Å². The highest BCUT2D eigenvalue weighted by Gasteiger charge is 2.20. The van der Waals surface area contributed by atoms with Gasteiger partial charge in [-0.3, -0.25) is 0 Å². The molecule has 0 bridgehead atoms. The molecular formula is C32H32O20. The molecule has 0 radical (unpaired) electrons. The van der Waals surface area contributed by atoms with Crippen LogP contribution in [0.2, 0.25) is 0 Å². The van der Waals surface area contributed by atoms with Crippen molar-refractivity contribution >= 4 is 23.9 Å². The fourth-order valence-corrected chi connectivity index (χ4v) is 3.68. The van der Waals surface area contributed by atoms with Crippen LogP contribution in [0.3, 0.4) is 0 Å². The van der Waals surface area contributed by atoms with Gasteiger partial charge in [0.2, 0.25) is 5.75 Å². The molecule has 0 saturated heterocycles. The zero-order valence-electron chi connectivity index (χ0n) is 27.2. The Morgan fingerprint density at radius 1 is 0.442 bits per heavy atom. The SMILES string of the molecule is COC(=O)c1cc(O)c(O)c(O)c1.COc1c(O)cc(C(=O)O)c(C)c1OC.O=C(O)c1cc(O)c(O)c(O)c1.O=C(O)c1cc(O)c(O)c(O)c1. The van der Waals surface area contributed by atoms with E-state index in [1.807, 2.05) is 0 Å². The van der Waals surface area contributed by atoms with E-state index >= 15 is 0 Å². The molecule has 13 N–H and O–H groups in total. The van der Waals surface area contributed by atoms with Gasteiger partial charge in [-0.1, -0.05) is 0 Å². The Kier molecular flexibility index (Phi) is 14.8. The van der Waals surface area contributed by atoms with Crippen molar-refractivity contribution in [2.75, 3.05) is 21.3 Å². The molecule has 0 spiro atoms. The number of carbonyl (C=O) groups excluding carboxylic acids is 1. The van der Waals surface area contributed by atoms with Crippen LogP contribution in [0.4, 0.5) is 0 Å². The number of phenolic OH excluding ortho intramolecular Hbond substituents is 10. The number of carbonyl (C=O) groups is 4. The Balaban J connectivity index is 0.000000348. The molecule has 280 valence electrons. The standard InChI is InChI=1S/C10H12O5.C8H8O5.2C7H6O5/c1-5-6(10(12)13)4-7(11)9(15-3)8(5)14-2;1-13-8(12)4-2-5(9)7(11)6(10)3-4;2*8-4-1-3(7(11)12)2-5(9)6(4)10/h4,11H,1-3H3,(H,12,13);2-3,9-11H,1H3;2*1-2,8-10H,(H,11,12). The second kappa shape index (κ2) is 18.2. The highest BCUT2D eigenvalue weighted by Crippen LogP contribution is 2.41. The average molecular weight is 737 g/mol. The predicted octanol–water partition coefficient (Wildman–Crippen LogP) is 3.01. The Labute approximate surface area is 291 Å². The van der Waals surface area contributed by atoms with E-state index in [4.69, 9.17) is 70.8 Å². The first kappa shape index (κ1) is 42.4. The van der Waals surface area contributed by atoms with Crippen molar-refractivity contribution < 1.29 is 99.8 Å². The molecule has 0 heterocycles. The largest absolute Gasteiger partial charge is 0.504 e. The number of aromatic carboxylic acids is 3. The molecule has 4 aromatic carbocycles. The molecule has 0 atom stereocenters. The molecule has 0 aliphatic carbocycles. The van der Waals surface area contributed by atoms with Crippen LogP contribution in [0.5, 0.6) is 69.0 Å². The minimum absolute atomic E-state index is 0.00912. The third kappa shape index (κ3) is 10.7. The molecule has 0 saturated carbocycles. The van der Waals surface area contributed by atoms with Gasteiger partial charge < -0.3 is 80.6 Å². The van der Waals surface area contributed by atoms with Gasteiger partial charge in [0.1, 0.15) is 0 Å². The Morgan fingerprint density at radius 3 is 1.00 bits per heavy atom. The fourth-order valence-electron chi connectivity index (χ4n) is 3.68. The van der Waals surface area contributed by atoms with Crippen molar-refractivity contribution in [2.24, 2.45) is 0 Å². The maximum Gasteiger partial charge on any atom is 0.338 e. The van der Waals surface area contributed by atoms with E-state index in [0.717, 1.165) is 42.5 Å². The molecule has 4 rings (SSSR count). The van der Waals surface area contributed by atoms with Crippen LogP contribution in [-0.4, -0.2) is 112 Å². The monoisotopic (exact) mass is 736 g/mol. The van der Waals surface area contributed by atoms with E-state index in [1.54, 1.807) is 6.92 Å². The lowest BCUT2D eigenvalue weighted by Gasteiger charge is -2.13. The van der Waals surface area contributed by atoms with Crippen LogP contribution in [0, 0.1) is 6.92 Å². The third-order valence-corrected chi connectivity index (χ3v) is 6.23. The number of esters is 1. The predicted molar refractivity (Wildman–Crippen MR) is 172 cm³/mol. The van der Waals surface area contributed by atoms with E-state index in [9.17, 15) is 24.3 Å². The van der Waals surface area contributed by atoms with Gasteiger partial charge in [-0.25, -0.2) is 19.2 Å². The van der Waals surface area contributed by atoms with Crippen LogP contribution < -0.4 is 9.47 Å². The molecule has 4 aromatic rings. The molecule has 0 unspecified atom stereocenters. The summed E-state index contributed by atoms with van der Waals surface area (Å²) < 4.78 is 14.2. The minimum atomic E-state index is -1.29. The first-order valence-electron chi connectivity index (χ1n) is 13.6. The zero-order valence-corrected chi connectivity index (χ0v) is 27.2. The van der Waals surface area contributed by atoms with Crippen molar-refractivity contribution in [3.05, 3.63) is 70.3 Å². The topological polar surface area (TPSA) is 359 Å². The Hall–Kier alpha value is -7.64. The Morgan fingerprint density at radius 2 is 0.750 bits per heavy atom. The number of aromatic hydroxyl groups is 10. The molecule has 0 aromatic heterocycles. The fraction of sp³-hybridized carbons (Fsp3) is 0.125. The van der Waals surface area contributed by atoms with Crippen molar-refractivity contribution in [1.29, 1.82) is 0 Å². The van der Waals surface area contributed by atoms with E-state index in [2.05, 4.69) is 4.74 Å². The summed E-state index contributed by atoms with van der Waals surface area (Å²) in [5.41, 5.74) is -0.203. The number of hydrogen-bond donors (Lipinski definition) is 13. The molecule has 0 aliphatic heterocycles. The van der Waals surface area contributed by atoms with Gasteiger partial charge in [0.05, 0.1) is 43.6 Å². The number of carboxylic acid groups (broad SMARTS) is 3. The van der Waals surface area contributed by atoms with Gasteiger partial charge in [-0.2, -0.15) is 0 Å². The number of methoxy groups -OCH3 is 3. The number of hydrogen-bond acceptors (Lipinski definition) is 17. The van der Waals surface area contributed by atoms with Crippen LogP contribution in [0.1, 0.15) is 47.0 Å². The molecule has 20 heteroatoms. The van der Waals surface area contributed by atoms with Gasteiger partial charge in [-0.05, 0) is 49.4 Å². The van der Waals surface area contributed by atoms with E-state index in [0.29, 0.717) is 5.56 Å². The normalized spacial score (nSPS) is 9.69. The van der Waals surface area contributed by atoms with Crippen LogP contribution in [0.25, 0.3) is 0 Å². The lowest BCUT2D eigenvalue weighted by molar-refractivity contribution is 0.0597. The first-order valence-corrected chi connectivity index (χ1v) is 13.6. The Bertz CT molecular complexity index is 1830. The third-order valence-electron chi connectivity index (χ3n) is 6.23. The van der Waals surface area contributed by atoms with Gasteiger partial charge in [0.15, 0.2) is 63.2 Å². The number of rotatable bonds is 6. The summed E-state index contributed by atoms with van der Waals surface area (Å²) in [7, 11) is 3.93. The minimum Gasteiger partial charge on any atom is -0.504 e. The van der Waals surface area contributed by atoms with Gasteiger partial charge in [0, 0.05) is 5.56 Å². The molecule has 52 heavy (non-hydrogen) atoms. The summed E-state index contributed by atoms with van der Waals surface area (Å²) in [5, 5.41) is 115. The summed E-state index contributed by atoms with van der Waals surface area (Å²) in [6.45, 7) is 1.59. The smallest absolute Gasteiger partial charge is 0.338 e. The zero-order chi connectivity index (χ0) is 40.2. The number of carboxylic acids is 3. The van der Waals surface area contributed by atoms with Gasteiger partial charge >= 0.3 is 23.9 Å². The molecule has 0 fully saturated rings. The molecule has 0 amide bonds. The van der Waals surface area contributed by atoms with Crippen molar-refractivity contribution in [3.8, 4) is 69.0 Å². The van der Waals surface area contributed by atoms with Crippen LogP contribution in [0.15, 0.2) is 42.5 Å². The van der Waals surface area contributed by atoms with Crippen LogP contribution in [-0.2, 0) is 4.74 Å². The highest BCUT2D eigenvalue weighted by atomic mass is 16.5. The first-order chi connectivity index (χ1) is 24.1. The second-order valence-corrected chi connectivity index (χ2v) is 9.63. The summed E-state index contributed by atoms with van der Waals surface area (Å²) in [5.74, 6) is -10.2. The van der Waals surface area contributed by atoms with E-state index in [1.165, 1.54) is 21.3 Å². The summed E-state index contributed by atoms with van der Waals surface area (Å²) in [6.07, 6.45) is 0. The summed E-state index contributed by atoms with van der Waals surface area (Å²) in [4.78, 5) is 42.4. The second-order valence-electron chi connectivity index (χ2n) is 9.63. The molecule has 20 nitrogen and oxygen atoms in total. The van der Waals surface area contributed by atoms with Crippen molar-refractivity contribution in [1.82, 2.24) is 0 Å². The number of phenols is 10. The van der Waals surface area contributed by atoms with Gasteiger partial charge in [-0.15, -0.1) is 0 Å². The molecular weight excluding hydrogens is 704 g/mol. The lowest BCUT2D eigenvalue weighted by atomic mass is 10.1. The molecule has 0 aliphatic rings. The van der Waals surface area contributed by atoms with Crippen molar-refractivity contribution in [3.63, 3.8) is 0 Å². The summed E-state index contributed by atoms with van der Waals surface area (Å²) in [6, 6.07) is 6.52. The van der Waals surface area contributed by atoms with Gasteiger partial charge in [0.25, 0.3) is 0 Å². The maximum absolute atomic E-state index is 10.9. The number of ether oxygens (including phenoxy) is 3. The quantitative estimate of drug-likeness (QED) is 0.0998. The average Bonchev–Trinajstić information content (AvgIpc) is 3.08. The van der Waals surface area contributed by atoms with Crippen LogP contribution >= 0.6 is 0 Å². The lowest BCUT2D eigenvalue weighted by Crippen LogP contribution is -2.03. The highest BCUT2D eigenvalue weighted by molar-refractivity contribution is 5.92. The van der Waals surface area contributed by atoms with Crippen molar-refractivity contribution in [2.45, 2.75) is 6.92 Å². The van der Waals surface area contributed by atoms with E-state index in [-0.39, 0.29) is 39.5 Å². The number of benzene rings is 4. The maximum atomic E-state index is 10.9.